The number of rotatable bonds is 7. The first-order chi connectivity index (χ1) is 8.16. The molecule has 0 aromatic rings. The van der Waals surface area contributed by atoms with Gasteiger partial charge >= 0.3 is 7.67 Å². The lowest BCUT2D eigenvalue weighted by molar-refractivity contribution is 0.0156. The van der Waals surface area contributed by atoms with E-state index in [2.05, 4.69) is 5.09 Å². The summed E-state index contributed by atoms with van der Waals surface area (Å²) < 4.78 is 25.0. The van der Waals surface area contributed by atoms with Crippen LogP contribution in [0.15, 0.2) is 0 Å². The van der Waals surface area contributed by atoms with Crippen molar-refractivity contribution < 1.29 is 13.8 Å². The second kappa shape index (κ2) is 7.95. The van der Waals surface area contributed by atoms with Crippen LogP contribution in [0.25, 0.3) is 0 Å². The molecule has 0 aromatic carbocycles. The van der Waals surface area contributed by atoms with Gasteiger partial charge < -0.3 is 9.26 Å². The molecule has 102 valence electrons. The second-order valence-corrected chi connectivity index (χ2v) is 6.52. The van der Waals surface area contributed by atoms with Gasteiger partial charge in [-0.3, -0.25) is 4.57 Å². The highest BCUT2D eigenvalue weighted by Gasteiger charge is 2.36. The van der Waals surface area contributed by atoms with Crippen molar-refractivity contribution in [1.29, 1.82) is 0 Å². The first kappa shape index (κ1) is 15.7. The van der Waals surface area contributed by atoms with Crippen molar-refractivity contribution in [2.75, 3.05) is 44.6 Å². The van der Waals surface area contributed by atoms with Crippen LogP contribution in [0.5, 0.6) is 0 Å². The van der Waals surface area contributed by atoms with Gasteiger partial charge in [0, 0.05) is 38.0 Å². The first-order valence-corrected chi connectivity index (χ1v) is 8.29. The Morgan fingerprint density at radius 3 is 2.53 bits per heavy atom. The zero-order valence-corrected chi connectivity index (χ0v) is 12.3. The lowest BCUT2D eigenvalue weighted by Gasteiger charge is -2.36. The minimum atomic E-state index is -2.98. The normalized spacial score (nSPS) is 29.8. The molecule has 17 heavy (non-hydrogen) atoms. The molecule has 1 N–H and O–H groups in total. The van der Waals surface area contributed by atoms with Crippen LogP contribution in [0.2, 0.25) is 0 Å². The lowest BCUT2D eigenvalue weighted by atomic mass is 10.4. The van der Waals surface area contributed by atoms with Gasteiger partial charge in [-0.2, -0.15) is 0 Å². The molecule has 0 aromatic heterocycles. The third-order valence-corrected chi connectivity index (χ3v) is 4.98. The van der Waals surface area contributed by atoms with Gasteiger partial charge in [0.15, 0.2) is 0 Å². The van der Waals surface area contributed by atoms with Crippen molar-refractivity contribution in [3.05, 3.63) is 0 Å². The molecule has 1 rings (SSSR count). The SMILES string of the molecule is CCOC1CNP(=O)(N(CCCl)CCCl)OC1. The predicted octanol–water partition coefficient (Wildman–Crippen LogP) is 1.90. The van der Waals surface area contributed by atoms with E-state index in [0.717, 1.165) is 0 Å². The molecule has 0 saturated carbocycles. The molecule has 1 fully saturated rings. The number of hydrogen-bond acceptors (Lipinski definition) is 3. The van der Waals surface area contributed by atoms with E-state index in [9.17, 15) is 4.57 Å². The molecule has 1 saturated heterocycles. The van der Waals surface area contributed by atoms with Gasteiger partial charge in [0.25, 0.3) is 0 Å². The Labute approximate surface area is 112 Å². The van der Waals surface area contributed by atoms with Crippen LogP contribution in [-0.2, 0) is 13.8 Å². The number of ether oxygens (including phenoxy) is 1. The summed E-state index contributed by atoms with van der Waals surface area (Å²) in [5.74, 6) is 0.779. The average molecular weight is 305 g/mol. The zero-order valence-electron chi connectivity index (χ0n) is 9.90. The van der Waals surface area contributed by atoms with Crippen LogP contribution in [0, 0.1) is 0 Å². The average Bonchev–Trinajstić information content (AvgIpc) is 2.32. The van der Waals surface area contributed by atoms with Crippen LogP contribution in [-0.4, -0.2) is 55.4 Å². The summed E-state index contributed by atoms with van der Waals surface area (Å²) in [4.78, 5) is 0. The summed E-state index contributed by atoms with van der Waals surface area (Å²) in [5.41, 5.74) is 0. The van der Waals surface area contributed by atoms with Crippen molar-refractivity contribution in [1.82, 2.24) is 9.76 Å². The Bertz CT molecular complexity index is 253. The fourth-order valence-corrected chi connectivity index (χ4v) is 4.23. The molecule has 0 amide bonds. The molecule has 1 aliphatic heterocycles. The Kier molecular flexibility index (Phi) is 7.34. The van der Waals surface area contributed by atoms with Crippen molar-refractivity contribution in [2.45, 2.75) is 13.0 Å². The van der Waals surface area contributed by atoms with E-state index in [1.54, 1.807) is 4.67 Å². The molecule has 1 heterocycles. The van der Waals surface area contributed by atoms with Gasteiger partial charge in [0.05, 0.1) is 12.7 Å². The maximum Gasteiger partial charge on any atom is 0.343 e. The Morgan fingerprint density at radius 2 is 2.12 bits per heavy atom. The summed E-state index contributed by atoms with van der Waals surface area (Å²) in [6, 6.07) is 0. The molecule has 0 spiro atoms. The molecule has 5 nitrogen and oxygen atoms in total. The van der Waals surface area contributed by atoms with Crippen molar-refractivity contribution in [3.8, 4) is 0 Å². The number of nitrogens with one attached hydrogen (secondary N) is 1. The van der Waals surface area contributed by atoms with E-state index < -0.39 is 7.67 Å². The molecule has 2 unspecified atom stereocenters. The van der Waals surface area contributed by atoms with Crippen LogP contribution in [0.4, 0.5) is 0 Å². The molecule has 0 radical (unpaired) electrons. The molecule has 0 bridgehead atoms. The molecular weight excluding hydrogens is 286 g/mol. The molecular formula is C9H19Cl2N2O3P. The number of hydrogen-bond donors (Lipinski definition) is 1. The lowest BCUT2D eigenvalue weighted by Crippen LogP contribution is -2.43. The fraction of sp³-hybridized carbons (Fsp3) is 1.00. The van der Waals surface area contributed by atoms with Crippen molar-refractivity contribution in [3.63, 3.8) is 0 Å². The highest BCUT2D eigenvalue weighted by atomic mass is 35.5. The van der Waals surface area contributed by atoms with Gasteiger partial charge in [-0.05, 0) is 6.92 Å². The van der Waals surface area contributed by atoms with E-state index in [-0.39, 0.29) is 6.10 Å². The minimum absolute atomic E-state index is 0.0454. The van der Waals surface area contributed by atoms with E-state index in [1.807, 2.05) is 6.92 Å². The summed E-state index contributed by atoms with van der Waals surface area (Å²) in [5, 5.41) is 2.92. The van der Waals surface area contributed by atoms with Gasteiger partial charge in [0.1, 0.15) is 0 Å². The smallest absolute Gasteiger partial charge is 0.343 e. The largest absolute Gasteiger partial charge is 0.375 e. The first-order valence-electron chi connectivity index (χ1n) is 5.65. The summed E-state index contributed by atoms with van der Waals surface area (Å²) in [6.07, 6.45) is -0.0454. The zero-order chi connectivity index (χ0) is 12.7. The minimum Gasteiger partial charge on any atom is -0.375 e. The van der Waals surface area contributed by atoms with Crippen LogP contribution >= 0.6 is 30.9 Å². The molecule has 2 atom stereocenters. The van der Waals surface area contributed by atoms with Crippen LogP contribution in [0.3, 0.4) is 0 Å². The Morgan fingerprint density at radius 1 is 1.47 bits per heavy atom. The Hall–Kier alpha value is 0.650. The van der Waals surface area contributed by atoms with E-state index >= 15 is 0 Å². The quantitative estimate of drug-likeness (QED) is 0.575. The van der Waals surface area contributed by atoms with Gasteiger partial charge in [0.2, 0.25) is 0 Å². The topological polar surface area (TPSA) is 50.8 Å². The summed E-state index contributed by atoms with van der Waals surface area (Å²) >= 11 is 11.4. The second-order valence-electron chi connectivity index (χ2n) is 3.59. The van der Waals surface area contributed by atoms with Gasteiger partial charge in [-0.25, -0.2) is 9.76 Å². The van der Waals surface area contributed by atoms with Crippen LogP contribution in [0.1, 0.15) is 6.92 Å². The number of alkyl halides is 2. The maximum absolute atomic E-state index is 12.5. The molecule has 0 aliphatic carbocycles. The third kappa shape index (κ3) is 4.67. The number of nitrogens with zero attached hydrogens (tertiary/aromatic N) is 1. The maximum atomic E-state index is 12.5. The van der Waals surface area contributed by atoms with E-state index in [4.69, 9.17) is 32.5 Å². The monoisotopic (exact) mass is 304 g/mol. The van der Waals surface area contributed by atoms with Crippen molar-refractivity contribution >= 4 is 30.9 Å². The van der Waals surface area contributed by atoms with Crippen molar-refractivity contribution in [2.24, 2.45) is 0 Å². The molecule has 1 aliphatic rings. The van der Waals surface area contributed by atoms with E-state index in [1.165, 1.54) is 0 Å². The molecule has 8 heteroatoms. The Balaban J connectivity index is 2.53. The standard InChI is InChI=1S/C9H19Cl2N2O3P/c1-2-15-9-7-12-17(14,16-8-9)13(5-3-10)6-4-11/h9H,2-8H2,1H3,(H,12,14). The van der Waals surface area contributed by atoms with Gasteiger partial charge in [-0.1, -0.05) is 0 Å². The summed E-state index contributed by atoms with van der Waals surface area (Å²) in [7, 11) is -2.98. The van der Waals surface area contributed by atoms with E-state index in [0.29, 0.717) is 44.6 Å². The van der Waals surface area contributed by atoms with Crippen LogP contribution < -0.4 is 5.09 Å². The highest BCUT2D eigenvalue weighted by Crippen LogP contribution is 2.48. The number of halogens is 2. The van der Waals surface area contributed by atoms with Gasteiger partial charge in [-0.15, -0.1) is 23.2 Å². The fourth-order valence-electron chi connectivity index (χ4n) is 1.60. The highest BCUT2D eigenvalue weighted by molar-refractivity contribution is 7.54. The summed E-state index contributed by atoms with van der Waals surface area (Å²) in [6.45, 7) is 4.36. The third-order valence-electron chi connectivity index (χ3n) is 2.41. The predicted molar refractivity (Wildman–Crippen MR) is 70.0 cm³/mol.